The number of carbonyl (C=O) groups excluding carboxylic acids is 1. The van der Waals surface area contributed by atoms with Crippen LogP contribution in [0.2, 0.25) is 0 Å². The van der Waals surface area contributed by atoms with Gasteiger partial charge in [0.05, 0.1) is 7.11 Å². The summed E-state index contributed by atoms with van der Waals surface area (Å²) in [4.78, 5) is 12.9. The maximum Gasteiger partial charge on any atom is 0.232 e. The molecule has 0 bridgehead atoms. The molecule has 1 aliphatic rings. The number of allylic oxidation sites excluding steroid dienone is 7. The smallest absolute Gasteiger partial charge is 0.232 e. The molecule has 0 radical (unpaired) electrons. The van der Waals surface area contributed by atoms with Crippen molar-refractivity contribution in [3.8, 4) is 0 Å². The van der Waals surface area contributed by atoms with E-state index in [9.17, 15) is 4.79 Å². The van der Waals surface area contributed by atoms with Crippen molar-refractivity contribution in [2.75, 3.05) is 21.3 Å². The molecule has 1 aliphatic carbocycles. The van der Waals surface area contributed by atoms with Crippen LogP contribution in [0.5, 0.6) is 0 Å². The number of methoxy groups -OCH3 is 3. The highest BCUT2D eigenvalue weighted by atomic mass is 35.5. The molecule has 0 spiro atoms. The van der Waals surface area contributed by atoms with Crippen molar-refractivity contribution in [2.24, 2.45) is 11.8 Å². The van der Waals surface area contributed by atoms with E-state index in [0.717, 1.165) is 25.7 Å². The van der Waals surface area contributed by atoms with Gasteiger partial charge in [0.1, 0.15) is 5.03 Å². The number of ether oxygens (including phenoxy) is 3. The summed E-state index contributed by atoms with van der Waals surface area (Å²) in [7, 11) is 4.57. The Kier molecular flexibility index (Phi) is 11.1. The summed E-state index contributed by atoms with van der Waals surface area (Å²) in [6, 6.07) is 0. The molecular weight excluding hydrogens is 400 g/mol. The third-order valence-corrected chi connectivity index (χ3v) is 6.28. The second kappa shape index (κ2) is 12.5. The number of halogens is 1. The van der Waals surface area contributed by atoms with Gasteiger partial charge in [-0.3, -0.25) is 4.79 Å². The van der Waals surface area contributed by atoms with Crippen molar-refractivity contribution in [3.63, 3.8) is 0 Å². The van der Waals surface area contributed by atoms with Crippen molar-refractivity contribution in [1.82, 2.24) is 0 Å². The quantitative estimate of drug-likeness (QED) is 0.265. The lowest BCUT2D eigenvalue weighted by Crippen LogP contribution is -2.52. The molecule has 0 fully saturated rings. The first-order valence-electron chi connectivity index (χ1n) is 10.7. The molecule has 0 amide bonds. The number of hydrogen-bond acceptors (Lipinski definition) is 4. The van der Waals surface area contributed by atoms with Crippen molar-refractivity contribution in [3.05, 3.63) is 45.7 Å². The van der Waals surface area contributed by atoms with Crippen LogP contribution in [0.15, 0.2) is 45.7 Å². The van der Waals surface area contributed by atoms with Gasteiger partial charge in [0.2, 0.25) is 5.79 Å². The zero-order chi connectivity index (χ0) is 22.9. The van der Waals surface area contributed by atoms with Gasteiger partial charge in [-0.05, 0) is 59.8 Å². The van der Waals surface area contributed by atoms with E-state index in [-0.39, 0.29) is 28.4 Å². The third kappa shape index (κ3) is 6.57. The van der Waals surface area contributed by atoms with E-state index >= 15 is 0 Å². The molecule has 170 valence electrons. The molecule has 1 rings (SSSR count). The highest BCUT2D eigenvalue weighted by Crippen LogP contribution is 2.45. The van der Waals surface area contributed by atoms with Crippen LogP contribution in [0.4, 0.5) is 0 Å². The predicted octanol–water partition coefficient (Wildman–Crippen LogP) is 6.72. The minimum Gasteiger partial charge on any atom is -0.494 e. The Balaban J connectivity index is 2.80. The molecule has 0 unspecified atom stereocenters. The number of ketones is 1. The number of hydrogen-bond donors (Lipinski definition) is 0. The van der Waals surface area contributed by atoms with Crippen molar-refractivity contribution >= 4 is 17.4 Å². The predicted molar refractivity (Wildman–Crippen MR) is 124 cm³/mol. The largest absolute Gasteiger partial charge is 0.494 e. The van der Waals surface area contributed by atoms with Crippen LogP contribution < -0.4 is 0 Å². The van der Waals surface area contributed by atoms with Crippen molar-refractivity contribution < 1.29 is 19.0 Å². The fourth-order valence-corrected chi connectivity index (χ4v) is 4.33. The standard InChI is InChI=1S/C25H39ClO4/c1-17(2)11-9-12-18(3)13-10-14-19(4)15-16-21-20(5)25(29-7,30-8)24(28-6)22(26)23(21)27/h11,13,15,20-21H,9-10,12,14,16H2,1-8H3/b18-13+,19-15+/t20-,21-/m1/s1. The molecule has 0 saturated heterocycles. The summed E-state index contributed by atoms with van der Waals surface area (Å²) in [5.74, 6) is -1.59. The Morgan fingerprint density at radius 2 is 1.50 bits per heavy atom. The summed E-state index contributed by atoms with van der Waals surface area (Å²) in [5, 5.41) is 0.0604. The van der Waals surface area contributed by atoms with Crippen molar-refractivity contribution in [1.29, 1.82) is 0 Å². The average Bonchev–Trinajstić information content (AvgIpc) is 2.70. The van der Waals surface area contributed by atoms with Gasteiger partial charge in [0.25, 0.3) is 0 Å². The molecule has 2 atom stereocenters. The average molecular weight is 439 g/mol. The van der Waals surface area contributed by atoms with E-state index in [1.165, 1.54) is 23.8 Å². The monoisotopic (exact) mass is 438 g/mol. The van der Waals surface area contributed by atoms with E-state index < -0.39 is 5.79 Å². The minimum atomic E-state index is -1.16. The first kappa shape index (κ1) is 26.7. The molecule has 0 aromatic heterocycles. The van der Waals surface area contributed by atoms with Crippen LogP contribution in [0.3, 0.4) is 0 Å². The fourth-order valence-electron chi connectivity index (χ4n) is 3.98. The summed E-state index contributed by atoms with van der Waals surface area (Å²) in [5.41, 5.74) is 4.05. The minimum absolute atomic E-state index is 0.0604. The molecule has 0 aromatic carbocycles. The van der Waals surface area contributed by atoms with Gasteiger partial charge in [-0.2, -0.15) is 0 Å². The summed E-state index contributed by atoms with van der Waals surface area (Å²) in [6.07, 6.45) is 11.5. The number of rotatable bonds is 11. The lowest BCUT2D eigenvalue weighted by atomic mass is 9.75. The summed E-state index contributed by atoms with van der Waals surface area (Å²) >= 11 is 6.34. The molecule has 30 heavy (non-hydrogen) atoms. The Bertz CT molecular complexity index is 707. The first-order chi connectivity index (χ1) is 14.1. The van der Waals surface area contributed by atoms with E-state index in [0.29, 0.717) is 6.42 Å². The molecule has 0 aliphatic heterocycles. The van der Waals surface area contributed by atoms with E-state index in [1.54, 1.807) is 14.2 Å². The van der Waals surface area contributed by atoms with Gasteiger partial charge >= 0.3 is 0 Å². The van der Waals surface area contributed by atoms with Crippen LogP contribution >= 0.6 is 11.6 Å². The Morgan fingerprint density at radius 1 is 0.967 bits per heavy atom. The topological polar surface area (TPSA) is 44.8 Å². The van der Waals surface area contributed by atoms with Gasteiger partial charge in [0, 0.05) is 26.1 Å². The molecular formula is C25H39ClO4. The Labute approximate surface area is 188 Å². The highest BCUT2D eigenvalue weighted by Gasteiger charge is 2.53. The van der Waals surface area contributed by atoms with Crippen molar-refractivity contribution in [2.45, 2.75) is 72.5 Å². The van der Waals surface area contributed by atoms with Crippen LogP contribution in [-0.2, 0) is 19.0 Å². The SMILES string of the molecule is COC1=C(Cl)C(=O)[C@H](C/C=C(\C)CC/C=C(\C)CCC=C(C)C)[C@@H](C)C1(OC)OC. The molecule has 5 heteroatoms. The zero-order valence-electron chi connectivity index (χ0n) is 19.9. The summed E-state index contributed by atoms with van der Waals surface area (Å²) < 4.78 is 16.7. The lowest BCUT2D eigenvalue weighted by molar-refractivity contribution is -0.241. The van der Waals surface area contributed by atoms with E-state index in [2.05, 4.69) is 45.9 Å². The van der Waals surface area contributed by atoms with E-state index in [4.69, 9.17) is 25.8 Å². The van der Waals surface area contributed by atoms with Gasteiger partial charge < -0.3 is 14.2 Å². The third-order valence-electron chi connectivity index (χ3n) is 5.93. The normalized spacial score (nSPS) is 22.4. The Hall–Kier alpha value is -1.36. The maximum absolute atomic E-state index is 12.9. The van der Waals surface area contributed by atoms with Crippen LogP contribution in [0, 0.1) is 11.8 Å². The van der Waals surface area contributed by atoms with Crippen LogP contribution in [-0.4, -0.2) is 32.9 Å². The first-order valence-corrected chi connectivity index (χ1v) is 11.1. The van der Waals surface area contributed by atoms with Gasteiger partial charge in [0.15, 0.2) is 11.5 Å². The number of carbonyl (C=O) groups is 1. The Morgan fingerprint density at radius 3 is 2.00 bits per heavy atom. The molecule has 4 nitrogen and oxygen atoms in total. The van der Waals surface area contributed by atoms with Crippen LogP contribution in [0.1, 0.15) is 66.7 Å². The van der Waals surface area contributed by atoms with Gasteiger partial charge in [-0.15, -0.1) is 0 Å². The molecule has 0 aromatic rings. The highest BCUT2D eigenvalue weighted by molar-refractivity contribution is 6.43. The summed E-state index contributed by atoms with van der Waals surface area (Å²) in [6.45, 7) is 10.5. The number of Topliss-reactive ketones (excluding diaryl/α,β-unsaturated/α-hetero) is 1. The molecule has 0 saturated carbocycles. The molecule has 0 N–H and O–H groups in total. The fraction of sp³-hybridized carbons (Fsp3) is 0.640. The second-order valence-corrected chi connectivity index (χ2v) is 8.76. The maximum atomic E-state index is 12.9. The van der Waals surface area contributed by atoms with E-state index in [1.807, 2.05) is 6.92 Å². The van der Waals surface area contributed by atoms with Crippen LogP contribution in [0.25, 0.3) is 0 Å². The molecule has 0 heterocycles. The van der Waals surface area contributed by atoms with Gasteiger partial charge in [-0.25, -0.2) is 0 Å². The lowest BCUT2D eigenvalue weighted by Gasteiger charge is -2.43. The second-order valence-electron chi connectivity index (χ2n) is 8.38. The van der Waals surface area contributed by atoms with Gasteiger partial charge in [-0.1, -0.05) is 53.5 Å². The zero-order valence-corrected chi connectivity index (χ0v) is 20.7.